The van der Waals surface area contributed by atoms with Gasteiger partial charge in [-0.15, -0.1) is 0 Å². The van der Waals surface area contributed by atoms with E-state index in [9.17, 15) is 18.0 Å². The molecule has 1 aromatic heterocycles. The first-order chi connectivity index (χ1) is 17.6. The zero-order chi connectivity index (χ0) is 26.6. The molecule has 37 heavy (non-hydrogen) atoms. The summed E-state index contributed by atoms with van der Waals surface area (Å²) in [6, 6.07) is 10.7. The molecule has 196 valence electrons. The van der Waals surface area contributed by atoms with Crippen LogP contribution in [0.15, 0.2) is 58.5 Å². The van der Waals surface area contributed by atoms with E-state index in [-0.39, 0.29) is 17.4 Å². The number of methoxy groups -OCH3 is 1. The summed E-state index contributed by atoms with van der Waals surface area (Å²) in [6.45, 7) is 3.35. The van der Waals surface area contributed by atoms with Crippen LogP contribution in [0.2, 0.25) is 0 Å². The van der Waals surface area contributed by atoms with Crippen molar-refractivity contribution in [2.75, 3.05) is 45.2 Å². The topological polar surface area (TPSA) is 93.8 Å². The maximum atomic E-state index is 13.6. The minimum atomic E-state index is -4.74. The predicted molar refractivity (Wildman–Crippen MR) is 133 cm³/mol. The number of rotatable bonds is 8. The number of carbonyl (C=O) groups is 1. The van der Waals surface area contributed by atoms with Crippen molar-refractivity contribution in [3.63, 3.8) is 0 Å². The minimum absolute atomic E-state index is 0.165. The molecule has 2 aromatic carbocycles. The third-order valence-electron chi connectivity index (χ3n) is 5.80. The van der Waals surface area contributed by atoms with Gasteiger partial charge in [0.1, 0.15) is 12.4 Å². The smallest absolute Gasteiger partial charge is 0.417 e. The van der Waals surface area contributed by atoms with E-state index < -0.39 is 23.2 Å². The highest BCUT2D eigenvalue weighted by molar-refractivity contribution is 7.99. The number of ether oxygens (including phenoxy) is 2. The highest BCUT2D eigenvalue weighted by Crippen LogP contribution is 2.39. The van der Waals surface area contributed by atoms with Gasteiger partial charge in [-0.05, 0) is 42.9 Å². The highest BCUT2D eigenvalue weighted by atomic mass is 32.2. The number of hydrogen-bond donors (Lipinski definition) is 1. The van der Waals surface area contributed by atoms with Crippen LogP contribution >= 0.6 is 11.8 Å². The third kappa shape index (κ3) is 6.63. The minimum Gasteiger partial charge on any atom is -0.497 e. The molecule has 0 radical (unpaired) electrons. The molecule has 0 atom stereocenters. The molecule has 0 unspecified atom stereocenters. The fraction of sp³-hybridized carbons (Fsp3) is 0.320. The molecule has 8 nitrogen and oxygen atoms in total. The predicted octanol–water partition coefficient (Wildman–Crippen LogP) is 4.08. The van der Waals surface area contributed by atoms with Crippen LogP contribution in [-0.2, 0) is 12.8 Å². The number of amides is 1. The summed E-state index contributed by atoms with van der Waals surface area (Å²) in [5.41, 5.74) is 4.29. The van der Waals surface area contributed by atoms with Gasteiger partial charge in [0.05, 0.1) is 29.3 Å². The van der Waals surface area contributed by atoms with Crippen molar-refractivity contribution in [3.05, 3.63) is 65.4 Å². The largest absolute Gasteiger partial charge is 0.497 e. The Balaban J connectivity index is 1.65. The summed E-state index contributed by atoms with van der Waals surface area (Å²) in [7, 11) is 3.61. The Labute approximate surface area is 216 Å². The molecule has 2 N–H and O–H groups in total. The number of benzene rings is 2. The van der Waals surface area contributed by atoms with E-state index in [0.29, 0.717) is 16.6 Å². The van der Waals surface area contributed by atoms with Crippen molar-refractivity contribution in [2.24, 2.45) is 5.73 Å². The van der Waals surface area contributed by atoms with Crippen molar-refractivity contribution < 1.29 is 27.4 Å². The number of alkyl halides is 3. The normalized spacial score (nSPS) is 14.5. The first kappa shape index (κ1) is 26.6. The van der Waals surface area contributed by atoms with Crippen molar-refractivity contribution >= 4 is 23.6 Å². The molecule has 12 heteroatoms. The van der Waals surface area contributed by atoms with E-state index in [4.69, 9.17) is 15.2 Å². The van der Waals surface area contributed by atoms with Crippen molar-refractivity contribution in [3.8, 4) is 11.6 Å². The lowest BCUT2D eigenvalue weighted by atomic mass is 10.1. The lowest BCUT2D eigenvalue weighted by Gasteiger charge is -2.32. The second-order valence-corrected chi connectivity index (χ2v) is 9.56. The van der Waals surface area contributed by atoms with E-state index in [1.165, 1.54) is 6.07 Å². The maximum Gasteiger partial charge on any atom is 0.417 e. The van der Waals surface area contributed by atoms with Gasteiger partial charge in [-0.2, -0.15) is 18.2 Å². The second kappa shape index (κ2) is 11.3. The summed E-state index contributed by atoms with van der Waals surface area (Å²) < 4.78 is 52.0. The van der Waals surface area contributed by atoms with Gasteiger partial charge in [-0.25, -0.2) is 4.98 Å². The van der Waals surface area contributed by atoms with E-state index in [2.05, 4.69) is 14.9 Å². The fourth-order valence-corrected chi connectivity index (χ4v) is 4.62. The molecule has 4 rings (SSSR count). The van der Waals surface area contributed by atoms with Gasteiger partial charge in [0, 0.05) is 31.1 Å². The fourth-order valence-electron chi connectivity index (χ4n) is 3.76. The summed E-state index contributed by atoms with van der Waals surface area (Å²) in [6.07, 6.45) is -3.20. The number of nitrogens with two attached hydrogens (primary N) is 1. The molecule has 0 saturated carbocycles. The standard InChI is InChI=1S/C25H26F3N5O3S/c1-32-8-10-33(11-9-32)24-30-14-21(23(31-24)36-15-16-4-3-5-17(12-16)35-2)37-18-6-7-19(22(29)34)20(13-18)25(26,27)28/h3-7,12-14H,8-11,15H2,1-2H3,(H2,29,34). The Bertz CT molecular complexity index is 1270. The number of carbonyl (C=O) groups excluding carboxylic acids is 1. The Morgan fingerprint density at radius 3 is 2.57 bits per heavy atom. The lowest BCUT2D eigenvalue weighted by Crippen LogP contribution is -2.45. The van der Waals surface area contributed by atoms with Crippen LogP contribution in [0.5, 0.6) is 11.6 Å². The second-order valence-electron chi connectivity index (χ2n) is 8.44. The van der Waals surface area contributed by atoms with Gasteiger partial charge in [0.2, 0.25) is 17.7 Å². The van der Waals surface area contributed by atoms with E-state index >= 15 is 0 Å². The monoisotopic (exact) mass is 533 g/mol. The van der Waals surface area contributed by atoms with Crippen LogP contribution in [0.3, 0.4) is 0 Å². The van der Waals surface area contributed by atoms with Crippen LogP contribution in [0.25, 0.3) is 0 Å². The number of piperazine rings is 1. The number of nitrogens with zero attached hydrogens (tertiary/aromatic N) is 4. The summed E-state index contributed by atoms with van der Waals surface area (Å²) in [5.74, 6) is 0.249. The molecular formula is C25H26F3N5O3S. The molecule has 1 amide bonds. The molecule has 1 aliphatic heterocycles. The third-order valence-corrected chi connectivity index (χ3v) is 6.78. The van der Waals surface area contributed by atoms with Crippen molar-refractivity contribution in [1.29, 1.82) is 0 Å². The van der Waals surface area contributed by atoms with Gasteiger partial charge in [-0.1, -0.05) is 23.9 Å². The van der Waals surface area contributed by atoms with Crippen LogP contribution in [0, 0.1) is 0 Å². The van der Waals surface area contributed by atoms with Crippen LogP contribution < -0.4 is 20.1 Å². The Morgan fingerprint density at radius 2 is 1.89 bits per heavy atom. The number of halogens is 3. The molecule has 3 aromatic rings. The average Bonchev–Trinajstić information content (AvgIpc) is 2.88. The first-order valence-corrected chi connectivity index (χ1v) is 12.2. The van der Waals surface area contributed by atoms with Crippen molar-refractivity contribution in [2.45, 2.75) is 22.6 Å². The average molecular weight is 534 g/mol. The van der Waals surface area contributed by atoms with E-state index in [1.807, 2.05) is 36.2 Å². The van der Waals surface area contributed by atoms with Crippen LogP contribution in [0.1, 0.15) is 21.5 Å². The summed E-state index contributed by atoms with van der Waals surface area (Å²) in [5, 5.41) is 0. The summed E-state index contributed by atoms with van der Waals surface area (Å²) >= 11 is 1.01. The van der Waals surface area contributed by atoms with Crippen LogP contribution in [0.4, 0.5) is 19.1 Å². The molecule has 1 fully saturated rings. The number of aromatic nitrogens is 2. The number of primary amides is 1. The molecule has 2 heterocycles. The molecule has 0 spiro atoms. The quantitative estimate of drug-likeness (QED) is 0.463. The van der Waals surface area contributed by atoms with Gasteiger partial charge < -0.3 is 25.0 Å². The zero-order valence-corrected chi connectivity index (χ0v) is 21.1. The Hall–Kier alpha value is -3.51. The molecule has 0 bridgehead atoms. The Kier molecular flexibility index (Phi) is 8.08. The molecule has 1 aliphatic rings. The van der Waals surface area contributed by atoms with E-state index in [0.717, 1.165) is 55.6 Å². The Morgan fingerprint density at radius 1 is 1.14 bits per heavy atom. The first-order valence-electron chi connectivity index (χ1n) is 11.4. The highest BCUT2D eigenvalue weighted by Gasteiger charge is 2.35. The lowest BCUT2D eigenvalue weighted by molar-refractivity contribution is -0.138. The van der Waals surface area contributed by atoms with Crippen molar-refractivity contribution in [1.82, 2.24) is 14.9 Å². The molecule has 0 aliphatic carbocycles. The number of anilines is 1. The zero-order valence-electron chi connectivity index (χ0n) is 20.3. The number of likely N-dealkylation sites (N-methyl/N-ethyl adjacent to an activating group) is 1. The SMILES string of the molecule is COc1cccc(COc2nc(N3CCN(C)CC3)ncc2Sc2ccc(C(N)=O)c(C(F)(F)F)c2)c1. The number of hydrogen-bond acceptors (Lipinski definition) is 8. The van der Waals surface area contributed by atoms with Gasteiger partial charge in [0.25, 0.3) is 0 Å². The molecule has 1 saturated heterocycles. The molecular weight excluding hydrogens is 507 g/mol. The maximum absolute atomic E-state index is 13.6. The van der Waals surface area contributed by atoms with Gasteiger partial charge in [0.15, 0.2) is 0 Å². The van der Waals surface area contributed by atoms with Crippen LogP contribution in [-0.4, -0.2) is 61.1 Å². The van der Waals surface area contributed by atoms with Gasteiger partial charge in [-0.3, -0.25) is 4.79 Å². The van der Waals surface area contributed by atoms with Gasteiger partial charge >= 0.3 is 6.18 Å². The van der Waals surface area contributed by atoms with E-state index in [1.54, 1.807) is 13.3 Å². The summed E-state index contributed by atoms with van der Waals surface area (Å²) in [4.78, 5) is 25.5.